The fourth-order valence-corrected chi connectivity index (χ4v) is 12.9. The molecule has 0 spiro atoms. The van der Waals surface area contributed by atoms with Crippen molar-refractivity contribution >= 4 is 110 Å². The Morgan fingerprint density at radius 1 is 0.282 bits per heavy atom. The van der Waals surface area contributed by atoms with E-state index >= 15 is 0 Å². The number of nitrogens with zero attached hydrogens (tertiary/aromatic N) is 4. The molecule has 4 heteroatoms. The van der Waals surface area contributed by atoms with E-state index in [-0.39, 0.29) is 10.8 Å². The Morgan fingerprint density at radius 3 is 0.936 bits per heavy atom. The first-order valence-corrected chi connectivity index (χ1v) is 27.4. The molecule has 0 aliphatic carbocycles. The lowest BCUT2D eigenvalue weighted by Gasteiger charge is -2.26. The van der Waals surface area contributed by atoms with Crippen molar-refractivity contribution in [2.75, 3.05) is 9.80 Å². The zero-order chi connectivity index (χ0) is 52.6. The summed E-state index contributed by atoms with van der Waals surface area (Å²) in [5.74, 6) is 0. The lowest BCUT2D eigenvalue weighted by Crippen LogP contribution is -2.10. The number of benzene rings is 11. The third-order valence-corrected chi connectivity index (χ3v) is 16.7. The number of rotatable bonds is 8. The predicted octanol–water partition coefficient (Wildman–Crippen LogP) is 20.9. The monoisotopic (exact) mass is 1000 g/mol. The molecule has 0 saturated carbocycles. The van der Waals surface area contributed by atoms with Crippen molar-refractivity contribution in [1.29, 1.82) is 0 Å². The van der Waals surface area contributed by atoms with Gasteiger partial charge >= 0.3 is 0 Å². The van der Waals surface area contributed by atoms with Crippen LogP contribution in [0.1, 0.15) is 52.7 Å². The third-order valence-electron chi connectivity index (χ3n) is 16.7. The Balaban J connectivity index is 1.09. The molecule has 4 aromatic heterocycles. The van der Waals surface area contributed by atoms with Crippen LogP contribution in [-0.2, 0) is 10.8 Å². The standard InChI is InChI=1S/C74H58N4/c1-73(2,3)49-37-33-47(34-38-49)55-29-19-31-59-67-63(75(51-21-11-7-12-22-51)52-23-13-8-14-24-52)43-41-57-61-46-66-62(45-65(61)77(69(55)59)71(57)67)58-42-44-64(76(53-25-15-9-16-26-53)54-27-17-10-18-28-54)68-60-32-20-30-56(70(60)78(66)72(58)68)48-35-39-50(40-36-48)74(4,5)6/h7-46H,1-6H3. The molecule has 0 saturated heterocycles. The Hall–Kier alpha value is -9.38. The van der Waals surface area contributed by atoms with Crippen molar-refractivity contribution in [2.45, 2.75) is 52.4 Å². The van der Waals surface area contributed by atoms with Crippen molar-refractivity contribution in [3.05, 3.63) is 254 Å². The quantitative estimate of drug-likeness (QED) is 0.151. The highest BCUT2D eigenvalue weighted by atomic mass is 15.2. The fourth-order valence-electron chi connectivity index (χ4n) is 12.9. The molecule has 78 heavy (non-hydrogen) atoms. The van der Waals surface area contributed by atoms with E-state index in [1.807, 2.05) is 0 Å². The summed E-state index contributed by atoms with van der Waals surface area (Å²) >= 11 is 0. The summed E-state index contributed by atoms with van der Waals surface area (Å²) in [7, 11) is 0. The minimum absolute atomic E-state index is 0.0384. The largest absolute Gasteiger partial charge is 0.310 e. The number of aromatic nitrogens is 2. The molecule has 0 aliphatic heterocycles. The Bertz CT molecular complexity index is 4360. The molecule has 0 bridgehead atoms. The fraction of sp³-hybridized carbons (Fsp3) is 0.108. The van der Waals surface area contributed by atoms with Crippen LogP contribution in [0.5, 0.6) is 0 Å². The highest BCUT2D eigenvalue weighted by molar-refractivity contribution is 6.33. The average Bonchev–Trinajstić information content (AvgIpc) is 4.17. The van der Waals surface area contributed by atoms with Gasteiger partial charge in [0, 0.05) is 77.0 Å². The highest BCUT2D eigenvalue weighted by Gasteiger charge is 2.30. The molecule has 0 aliphatic rings. The van der Waals surface area contributed by atoms with Gasteiger partial charge in [-0.1, -0.05) is 211 Å². The Labute approximate surface area is 454 Å². The van der Waals surface area contributed by atoms with Crippen LogP contribution in [-0.4, -0.2) is 8.80 Å². The van der Waals surface area contributed by atoms with E-state index in [1.54, 1.807) is 0 Å². The molecular weight excluding hydrogens is 945 g/mol. The maximum Gasteiger partial charge on any atom is 0.0641 e. The van der Waals surface area contributed by atoms with Gasteiger partial charge in [-0.25, -0.2) is 0 Å². The van der Waals surface area contributed by atoms with Crippen molar-refractivity contribution in [3.63, 3.8) is 0 Å². The molecule has 15 aromatic rings. The van der Waals surface area contributed by atoms with Crippen molar-refractivity contribution < 1.29 is 0 Å². The molecule has 0 N–H and O–H groups in total. The second-order valence-corrected chi connectivity index (χ2v) is 23.3. The van der Waals surface area contributed by atoms with E-state index in [2.05, 4.69) is 303 Å². The summed E-state index contributed by atoms with van der Waals surface area (Å²) in [6, 6.07) is 90.5. The lowest BCUT2D eigenvalue weighted by atomic mass is 9.86. The van der Waals surface area contributed by atoms with Gasteiger partial charge < -0.3 is 18.6 Å². The van der Waals surface area contributed by atoms with E-state index < -0.39 is 0 Å². The molecule has 11 aromatic carbocycles. The van der Waals surface area contributed by atoms with Crippen LogP contribution in [0, 0.1) is 0 Å². The summed E-state index contributed by atoms with van der Waals surface area (Å²) in [6.45, 7) is 13.8. The lowest BCUT2D eigenvalue weighted by molar-refractivity contribution is 0.590. The van der Waals surface area contributed by atoms with Crippen LogP contribution in [0.25, 0.3) is 98.4 Å². The predicted molar refractivity (Wildman–Crippen MR) is 333 cm³/mol. The van der Waals surface area contributed by atoms with Gasteiger partial charge in [0.25, 0.3) is 0 Å². The number of anilines is 6. The smallest absolute Gasteiger partial charge is 0.0641 e. The van der Waals surface area contributed by atoms with Crippen LogP contribution in [0.4, 0.5) is 34.1 Å². The van der Waals surface area contributed by atoms with E-state index in [1.165, 1.54) is 110 Å². The van der Waals surface area contributed by atoms with Gasteiger partial charge in [0.15, 0.2) is 0 Å². The SMILES string of the molecule is CC(C)(C)c1ccc(-c2cccc3c4c(N(c5ccccc5)c5ccccc5)ccc5c6cc7c(cc6n(c23)c54)c2ccc(N(c3ccccc3)c3ccccc3)c3c4cccc(-c5ccc(C(C)(C)C)cc5)c4n7c23)cc1. The first-order valence-electron chi connectivity index (χ1n) is 27.4. The van der Waals surface area contributed by atoms with E-state index in [0.29, 0.717) is 0 Å². The first kappa shape index (κ1) is 46.0. The topological polar surface area (TPSA) is 15.3 Å². The van der Waals surface area contributed by atoms with Crippen LogP contribution in [0.2, 0.25) is 0 Å². The molecule has 0 unspecified atom stereocenters. The zero-order valence-corrected chi connectivity index (χ0v) is 44.9. The van der Waals surface area contributed by atoms with Gasteiger partial charge in [-0.15, -0.1) is 0 Å². The van der Waals surface area contributed by atoms with Gasteiger partial charge in [0.05, 0.1) is 44.5 Å². The van der Waals surface area contributed by atoms with Gasteiger partial charge in [0.1, 0.15) is 0 Å². The molecule has 0 atom stereocenters. The summed E-state index contributed by atoms with van der Waals surface area (Å²) in [4.78, 5) is 4.88. The van der Waals surface area contributed by atoms with Gasteiger partial charge in [-0.05, 0) is 106 Å². The van der Waals surface area contributed by atoms with E-state index in [9.17, 15) is 0 Å². The number of fused-ring (bicyclic) bond motifs is 12. The minimum Gasteiger partial charge on any atom is -0.310 e. The normalized spacial score (nSPS) is 12.5. The van der Waals surface area contributed by atoms with E-state index in [4.69, 9.17) is 0 Å². The summed E-state index contributed by atoms with van der Waals surface area (Å²) in [5, 5.41) is 9.88. The van der Waals surface area contributed by atoms with Crippen LogP contribution in [0.3, 0.4) is 0 Å². The first-order chi connectivity index (χ1) is 38.0. The zero-order valence-electron chi connectivity index (χ0n) is 44.9. The second-order valence-electron chi connectivity index (χ2n) is 23.3. The van der Waals surface area contributed by atoms with Crippen LogP contribution in [0.15, 0.2) is 243 Å². The Kier molecular flexibility index (Phi) is 10.1. The van der Waals surface area contributed by atoms with Crippen LogP contribution >= 0.6 is 0 Å². The molecule has 0 amide bonds. The summed E-state index contributed by atoms with van der Waals surface area (Å²) < 4.78 is 5.23. The number of para-hydroxylation sites is 6. The summed E-state index contributed by atoms with van der Waals surface area (Å²) in [5.41, 5.74) is 21.6. The van der Waals surface area contributed by atoms with Gasteiger partial charge in [0.2, 0.25) is 0 Å². The number of hydrogen-bond acceptors (Lipinski definition) is 2. The molecule has 0 fully saturated rings. The highest BCUT2D eigenvalue weighted by Crippen LogP contribution is 2.53. The minimum atomic E-state index is 0.0384. The molecule has 15 rings (SSSR count). The molecule has 374 valence electrons. The van der Waals surface area contributed by atoms with Crippen molar-refractivity contribution in [2.24, 2.45) is 0 Å². The van der Waals surface area contributed by atoms with Gasteiger partial charge in [-0.2, -0.15) is 0 Å². The van der Waals surface area contributed by atoms with Crippen molar-refractivity contribution in [3.8, 4) is 22.3 Å². The summed E-state index contributed by atoms with van der Waals surface area (Å²) in [6.07, 6.45) is 0. The van der Waals surface area contributed by atoms with Gasteiger partial charge in [-0.3, -0.25) is 0 Å². The van der Waals surface area contributed by atoms with Crippen molar-refractivity contribution in [1.82, 2.24) is 8.80 Å². The molecule has 4 nitrogen and oxygen atoms in total. The van der Waals surface area contributed by atoms with Crippen LogP contribution < -0.4 is 9.80 Å². The number of hydrogen-bond donors (Lipinski definition) is 0. The third kappa shape index (κ3) is 6.85. The maximum atomic E-state index is 2.62. The average molecular weight is 1000 g/mol. The molecule has 0 radical (unpaired) electrons. The molecular formula is C74H58N4. The second kappa shape index (κ2) is 17.1. The Morgan fingerprint density at radius 2 is 0.615 bits per heavy atom. The molecule has 4 heterocycles. The maximum absolute atomic E-state index is 2.62. The van der Waals surface area contributed by atoms with E-state index in [0.717, 1.165) is 34.1 Å².